The van der Waals surface area contributed by atoms with Gasteiger partial charge in [-0.25, -0.2) is 0 Å². The molecule has 0 saturated heterocycles. The summed E-state index contributed by atoms with van der Waals surface area (Å²) in [5.74, 6) is -0.00594. The van der Waals surface area contributed by atoms with E-state index in [2.05, 4.69) is 23.4 Å². The number of carbonyl (C=O) groups excluding carboxylic acids is 1. The number of hydrogen-bond donors (Lipinski definition) is 1. The van der Waals surface area contributed by atoms with E-state index in [1.807, 2.05) is 65.5 Å². The van der Waals surface area contributed by atoms with E-state index in [1.54, 1.807) is 0 Å². The van der Waals surface area contributed by atoms with Crippen molar-refractivity contribution in [3.05, 3.63) is 72.4 Å². The lowest BCUT2D eigenvalue weighted by Crippen LogP contribution is -2.15. The topological polar surface area (TPSA) is 46.9 Å². The second kappa shape index (κ2) is 6.40. The van der Waals surface area contributed by atoms with Gasteiger partial charge in [-0.05, 0) is 23.9 Å². The number of benzene rings is 3. The van der Waals surface area contributed by atoms with Crippen molar-refractivity contribution in [3.63, 3.8) is 0 Å². The molecule has 4 rings (SSSR count). The Hall–Kier alpha value is -3.14. The molecule has 0 aliphatic carbocycles. The molecule has 0 aliphatic rings. The minimum absolute atomic E-state index is 0.00594. The molecule has 0 fully saturated rings. The molecule has 4 aromatic rings. The Labute approximate surface area is 146 Å². The lowest BCUT2D eigenvalue weighted by molar-refractivity contribution is -0.116. The minimum atomic E-state index is -0.00594. The first-order valence-electron chi connectivity index (χ1n) is 8.41. The highest BCUT2D eigenvalue weighted by Crippen LogP contribution is 2.23. The van der Waals surface area contributed by atoms with E-state index in [-0.39, 0.29) is 5.91 Å². The van der Waals surface area contributed by atoms with Crippen molar-refractivity contribution in [1.82, 2.24) is 9.78 Å². The molecule has 0 spiro atoms. The number of nitrogens with zero attached hydrogens (tertiary/aromatic N) is 2. The minimum Gasteiger partial charge on any atom is -0.325 e. The quantitative estimate of drug-likeness (QED) is 0.598. The second-order valence-corrected chi connectivity index (χ2v) is 6.21. The summed E-state index contributed by atoms with van der Waals surface area (Å²) in [5.41, 5.74) is 3.12. The molecule has 3 aromatic carbocycles. The fourth-order valence-corrected chi connectivity index (χ4v) is 3.25. The lowest BCUT2D eigenvalue weighted by Gasteiger charge is -2.09. The number of aromatic nitrogens is 2. The van der Waals surface area contributed by atoms with Crippen LogP contribution in [0.2, 0.25) is 0 Å². The first-order valence-corrected chi connectivity index (χ1v) is 8.41. The zero-order valence-corrected chi connectivity index (χ0v) is 14.1. The average molecular weight is 329 g/mol. The van der Waals surface area contributed by atoms with E-state index in [1.165, 1.54) is 5.56 Å². The van der Waals surface area contributed by atoms with E-state index >= 15 is 0 Å². The summed E-state index contributed by atoms with van der Waals surface area (Å²) in [6.07, 6.45) is 2.24. The van der Waals surface area contributed by atoms with Gasteiger partial charge in [0.1, 0.15) is 0 Å². The number of hydrogen-bond acceptors (Lipinski definition) is 2. The molecule has 0 bridgehead atoms. The number of amides is 1. The van der Waals surface area contributed by atoms with E-state index in [4.69, 9.17) is 0 Å². The fraction of sp³-hybridized carbons (Fsp3) is 0.143. The van der Waals surface area contributed by atoms with Gasteiger partial charge in [0, 0.05) is 22.9 Å². The van der Waals surface area contributed by atoms with Crippen molar-refractivity contribution in [3.8, 4) is 0 Å². The third kappa shape index (κ3) is 2.98. The van der Waals surface area contributed by atoms with Crippen LogP contribution in [-0.2, 0) is 11.3 Å². The molecule has 1 N–H and O–H groups in total. The van der Waals surface area contributed by atoms with E-state index in [0.717, 1.165) is 27.4 Å². The number of fused-ring (bicyclic) bond motifs is 2. The number of para-hydroxylation sites is 1. The van der Waals surface area contributed by atoms with Gasteiger partial charge >= 0.3 is 0 Å². The van der Waals surface area contributed by atoms with Crippen molar-refractivity contribution in [2.45, 2.75) is 19.9 Å². The standard InChI is InChI=1S/C21H19N3O/c1-15-6-4-9-17-14-22-24(21(15)17)13-12-20(25)23-19-11-5-8-16-7-2-3-10-18(16)19/h2-11,14H,12-13H2,1H3,(H,23,25). The largest absolute Gasteiger partial charge is 0.325 e. The molecule has 0 unspecified atom stereocenters. The van der Waals surface area contributed by atoms with Crippen molar-refractivity contribution in [2.75, 3.05) is 5.32 Å². The monoisotopic (exact) mass is 329 g/mol. The highest BCUT2D eigenvalue weighted by Gasteiger charge is 2.09. The summed E-state index contributed by atoms with van der Waals surface area (Å²) in [4.78, 5) is 12.4. The van der Waals surface area contributed by atoms with Crippen LogP contribution < -0.4 is 5.32 Å². The van der Waals surface area contributed by atoms with Crippen LogP contribution in [0, 0.1) is 6.92 Å². The van der Waals surface area contributed by atoms with Crippen LogP contribution in [0.4, 0.5) is 5.69 Å². The van der Waals surface area contributed by atoms with Crippen molar-refractivity contribution >= 4 is 33.3 Å². The van der Waals surface area contributed by atoms with Crippen LogP contribution >= 0.6 is 0 Å². The Kier molecular flexibility index (Phi) is 3.94. The lowest BCUT2D eigenvalue weighted by atomic mass is 10.1. The van der Waals surface area contributed by atoms with Gasteiger partial charge in [-0.2, -0.15) is 5.10 Å². The first kappa shape index (κ1) is 15.4. The summed E-state index contributed by atoms with van der Waals surface area (Å²) in [6.45, 7) is 2.63. The number of aryl methyl sites for hydroxylation is 2. The molecule has 1 amide bonds. The Morgan fingerprint density at radius 1 is 1.00 bits per heavy atom. The highest BCUT2D eigenvalue weighted by molar-refractivity contribution is 6.02. The molecule has 1 heterocycles. The van der Waals surface area contributed by atoms with Crippen LogP contribution in [0.25, 0.3) is 21.7 Å². The maximum atomic E-state index is 12.4. The molecule has 0 aliphatic heterocycles. The van der Waals surface area contributed by atoms with Gasteiger partial charge in [0.15, 0.2) is 0 Å². The number of nitrogens with one attached hydrogen (secondary N) is 1. The summed E-state index contributed by atoms with van der Waals surface area (Å²) in [7, 11) is 0. The molecule has 4 heteroatoms. The molecule has 0 atom stereocenters. The number of carbonyl (C=O) groups is 1. The van der Waals surface area contributed by atoms with Crippen LogP contribution in [0.1, 0.15) is 12.0 Å². The van der Waals surface area contributed by atoms with Crippen LogP contribution in [0.5, 0.6) is 0 Å². The zero-order valence-electron chi connectivity index (χ0n) is 14.1. The van der Waals surface area contributed by atoms with Gasteiger partial charge < -0.3 is 5.32 Å². The molecule has 0 radical (unpaired) electrons. The van der Waals surface area contributed by atoms with Gasteiger partial charge in [-0.3, -0.25) is 9.48 Å². The molecule has 25 heavy (non-hydrogen) atoms. The zero-order chi connectivity index (χ0) is 17.2. The van der Waals surface area contributed by atoms with Gasteiger partial charge in [-0.15, -0.1) is 0 Å². The van der Waals surface area contributed by atoms with Gasteiger partial charge in [0.2, 0.25) is 5.91 Å². The van der Waals surface area contributed by atoms with Crippen LogP contribution in [0.15, 0.2) is 66.9 Å². The fourth-order valence-electron chi connectivity index (χ4n) is 3.25. The smallest absolute Gasteiger partial charge is 0.226 e. The summed E-state index contributed by atoms with van der Waals surface area (Å²) in [5, 5.41) is 10.7. The van der Waals surface area contributed by atoms with E-state index in [0.29, 0.717) is 13.0 Å². The third-order valence-electron chi connectivity index (χ3n) is 4.48. The maximum Gasteiger partial charge on any atom is 0.226 e. The predicted molar refractivity (Wildman–Crippen MR) is 102 cm³/mol. The van der Waals surface area contributed by atoms with E-state index < -0.39 is 0 Å². The Morgan fingerprint density at radius 2 is 1.76 bits per heavy atom. The molecule has 124 valence electrons. The molecular weight excluding hydrogens is 310 g/mol. The first-order chi connectivity index (χ1) is 12.2. The summed E-state index contributed by atoms with van der Waals surface area (Å²) >= 11 is 0. The Bertz CT molecular complexity index is 1060. The SMILES string of the molecule is Cc1cccc2cnn(CCC(=O)Nc3cccc4ccccc34)c12. The third-order valence-corrected chi connectivity index (χ3v) is 4.48. The number of anilines is 1. The maximum absolute atomic E-state index is 12.4. The van der Waals surface area contributed by atoms with Crippen LogP contribution in [-0.4, -0.2) is 15.7 Å². The average Bonchev–Trinajstić information content (AvgIpc) is 3.05. The van der Waals surface area contributed by atoms with Crippen molar-refractivity contribution in [2.24, 2.45) is 0 Å². The molecular formula is C21H19N3O. The molecule has 1 aromatic heterocycles. The summed E-state index contributed by atoms with van der Waals surface area (Å²) < 4.78 is 1.91. The normalized spacial score (nSPS) is 11.1. The van der Waals surface area contributed by atoms with Gasteiger partial charge in [-0.1, -0.05) is 54.6 Å². The van der Waals surface area contributed by atoms with Gasteiger partial charge in [0.05, 0.1) is 18.3 Å². The molecule has 4 nitrogen and oxygen atoms in total. The highest BCUT2D eigenvalue weighted by atomic mass is 16.1. The van der Waals surface area contributed by atoms with E-state index in [9.17, 15) is 4.79 Å². The predicted octanol–water partition coefficient (Wildman–Crippen LogP) is 4.53. The van der Waals surface area contributed by atoms with Gasteiger partial charge in [0.25, 0.3) is 0 Å². The Morgan fingerprint density at radius 3 is 2.68 bits per heavy atom. The molecule has 0 saturated carbocycles. The van der Waals surface area contributed by atoms with Crippen LogP contribution in [0.3, 0.4) is 0 Å². The summed E-state index contributed by atoms with van der Waals surface area (Å²) in [6, 6.07) is 20.1. The van der Waals surface area contributed by atoms with Crippen molar-refractivity contribution in [1.29, 1.82) is 0 Å². The Balaban J connectivity index is 1.50. The second-order valence-electron chi connectivity index (χ2n) is 6.21. The van der Waals surface area contributed by atoms with Crippen molar-refractivity contribution < 1.29 is 4.79 Å². The number of rotatable bonds is 4.